The topological polar surface area (TPSA) is 69.6 Å². The monoisotopic (exact) mass is 660 g/mol. The number of benzene rings is 3. The highest BCUT2D eigenvalue weighted by atomic mass is 32.1. The van der Waals surface area contributed by atoms with Gasteiger partial charge in [-0.05, 0) is 92.1 Å². The van der Waals surface area contributed by atoms with Crippen LogP contribution in [0.3, 0.4) is 0 Å². The minimum absolute atomic E-state index is 0.000202. The molecule has 4 aromatic rings. The zero-order chi connectivity index (χ0) is 34.8. The highest BCUT2D eigenvalue weighted by molar-refractivity contribution is 7.12. The normalized spacial score (nSPS) is 18.6. The van der Waals surface area contributed by atoms with Gasteiger partial charge in [0.25, 0.3) is 5.91 Å². The summed E-state index contributed by atoms with van der Waals surface area (Å²) in [7, 11) is 0. The summed E-state index contributed by atoms with van der Waals surface area (Å²) in [6, 6.07) is 23.6. The van der Waals surface area contributed by atoms with Gasteiger partial charge >= 0.3 is 0 Å². The van der Waals surface area contributed by atoms with Crippen LogP contribution in [0.4, 0.5) is 11.4 Å². The number of Topliss-reactive ketones (excluding diaryl/α,β-unsaturated/α-hetero) is 1. The summed E-state index contributed by atoms with van der Waals surface area (Å²) in [6.45, 7) is 19.1. The highest BCUT2D eigenvalue weighted by Crippen LogP contribution is 2.50. The van der Waals surface area contributed by atoms with Crippen molar-refractivity contribution in [3.05, 3.63) is 122 Å². The molecule has 0 radical (unpaired) electrons. The van der Waals surface area contributed by atoms with Gasteiger partial charge in [0.05, 0.1) is 22.3 Å². The molecule has 2 N–H and O–H groups in total. The molecule has 1 amide bonds. The maximum atomic E-state index is 14.7. The lowest BCUT2D eigenvalue weighted by Crippen LogP contribution is -2.38. The minimum Gasteiger partial charge on any atom is -0.507 e. The number of amides is 1. The Balaban J connectivity index is 1.61. The molecule has 2 atom stereocenters. The van der Waals surface area contributed by atoms with E-state index in [-0.39, 0.29) is 39.6 Å². The van der Waals surface area contributed by atoms with E-state index in [9.17, 15) is 14.7 Å². The number of nitrogens with zero attached hydrogens (tertiary/aromatic N) is 1. The summed E-state index contributed by atoms with van der Waals surface area (Å²) >= 11 is 1.40. The highest BCUT2D eigenvalue weighted by Gasteiger charge is 2.43. The molecule has 0 saturated carbocycles. The van der Waals surface area contributed by atoms with Gasteiger partial charge in [0, 0.05) is 17.7 Å². The average Bonchev–Trinajstić information content (AvgIpc) is 3.50. The molecule has 1 aliphatic carbocycles. The van der Waals surface area contributed by atoms with Crippen LogP contribution < -0.4 is 10.2 Å². The Kier molecular flexibility index (Phi) is 8.48. The third-order valence-corrected chi connectivity index (χ3v) is 10.6. The van der Waals surface area contributed by atoms with E-state index in [1.54, 1.807) is 0 Å². The third-order valence-electron chi connectivity index (χ3n) is 9.75. The van der Waals surface area contributed by atoms with Gasteiger partial charge in [-0.15, -0.1) is 11.3 Å². The summed E-state index contributed by atoms with van der Waals surface area (Å²) in [4.78, 5) is 31.8. The maximum absolute atomic E-state index is 14.7. The fraction of sp³-hybridized carbons (Fsp3) is 0.381. The first-order valence-electron chi connectivity index (χ1n) is 16.9. The molecule has 5 nitrogen and oxygen atoms in total. The third kappa shape index (κ3) is 6.23. The molecule has 3 aromatic carbocycles. The van der Waals surface area contributed by atoms with Crippen molar-refractivity contribution in [3.8, 4) is 5.75 Å². The lowest BCUT2D eigenvalue weighted by atomic mass is 9.74. The van der Waals surface area contributed by atoms with E-state index < -0.39 is 6.04 Å². The first-order chi connectivity index (χ1) is 22.4. The van der Waals surface area contributed by atoms with Crippen molar-refractivity contribution < 1.29 is 14.7 Å². The predicted molar refractivity (Wildman–Crippen MR) is 199 cm³/mol. The molecular formula is C42H48N2O3S. The van der Waals surface area contributed by atoms with Crippen LogP contribution in [0.2, 0.25) is 0 Å². The van der Waals surface area contributed by atoms with Crippen LogP contribution in [0.25, 0.3) is 0 Å². The molecule has 48 heavy (non-hydrogen) atoms. The Morgan fingerprint density at radius 3 is 1.98 bits per heavy atom. The molecular weight excluding hydrogens is 613 g/mol. The molecule has 2 heterocycles. The van der Waals surface area contributed by atoms with Crippen LogP contribution in [-0.2, 0) is 21.0 Å². The minimum atomic E-state index is -0.703. The Morgan fingerprint density at radius 2 is 1.42 bits per heavy atom. The van der Waals surface area contributed by atoms with E-state index in [2.05, 4.69) is 91.9 Å². The first kappa shape index (κ1) is 33.7. The molecule has 6 heteroatoms. The van der Waals surface area contributed by atoms with Gasteiger partial charge in [0.15, 0.2) is 5.78 Å². The largest absolute Gasteiger partial charge is 0.507 e. The number of ketones is 1. The second-order valence-corrected chi connectivity index (χ2v) is 17.4. The van der Waals surface area contributed by atoms with Crippen LogP contribution in [0, 0.1) is 0 Å². The van der Waals surface area contributed by atoms with Crippen LogP contribution in [0.15, 0.2) is 89.4 Å². The Bertz CT molecular complexity index is 1860. The maximum Gasteiger partial charge on any atom is 0.269 e. The number of aromatic hydroxyl groups is 1. The SMILES string of the molecule is CC(C)(C)c1ccc([C@@H]2CC(=O)C3=C(C2)Nc2ccccc2N(C(=O)c2cccs2)[C@H]3c2cc(C(C)(C)C)c(O)c(C(C)(C)C)c2)cc1. The van der Waals surface area contributed by atoms with Crippen molar-refractivity contribution in [2.75, 3.05) is 10.2 Å². The fourth-order valence-corrected chi connectivity index (χ4v) is 7.76. The molecule has 1 aromatic heterocycles. The van der Waals surface area contributed by atoms with E-state index in [4.69, 9.17) is 0 Å². The number of thiophene rings is 1. The van der Waals surface area contributed by atoms with Crippen molar-refractivity contribution in [1.82, 2.24) is 0 Å². The number of hydrogen-bond acceptors (Lipinski definition) is 5. The van der Waals surface area contributed by atoms with E-state index in [1.807, 2.05) is 58.8 Å². The van der Waals surface area contributed by atoms with Gasteiger partial charge < -0.3 is 10.4 Å². The van der Waals surface area contributed by atoms with Gasteiger partial charge in [-0.3, -0.25) is 14.5 Å². The van der Waals surface area contributed by atoms with Crippen LogP contribution in [0.1, 0.15) is 125 Å². The number of phenolic OH excluding ortho intramolecular Hbond substituents is 1. The first-order valence-corrected chi connectivity index (χ1v) is 17.8. The number of carbonyl (C=O) groups is 2. The molecule has 250 valence electrons. The second-order valence-electron chi connectivity index (χ2n) is 16.5. The number of rotatable bonds is 3. The zero-order valence-corrected chi connectivity index (χ0v) is 30.5. The molecule has 1 aliphatic heterocycles. The van der Waals surface area contributed by atoms with Crippen molar-refractivity contribution in [2.24, 2.45) is 0 Å². The van der Waals surface area contributed by atoms with E-state index in [1.165, 1.54) is 16.9 Å². The van der Waals surface area contributed by atoms with Gasteiger partial charge in [-0.25, -0.2) is 0 Å². The zero-order valence-electron chi connectivity index (χ0n) is 29.7. The molecule has 0 fully saturated rings. The fourth-order valence-electron chi connectivity index (χ4n) is 7.10. The van der Waals surface area contributed by atoms with Crippen LogP contribution in [0.5, 0.6) is 5.75 Å². The second kappa shape index (κ2) is 12.1. The van der Waals surface area contributed by atoms with Crippen molar-refractivity contribution in [2.45, 2.75) is 103 Å². The standard InChI is InChI=1S/C42H48N2O3S/c1-40(2,3)28-18-16-25(17-19-28)26-23-32-36(34(45)24-26)37(27-21-29(41(4,5)6)38(46)30(22-27)42(7,8)9)44(39(47)35-15-12-20-48-35)33-14-11-10-13-31(33)43-32/h10-22,26,37,43,46H,23-24H2,1-9H3/t26-,37-/m0/s1. The van der Waals surface area contributed by atoms with Gasteiger partial charge in [-0.1, -0.05) is 105 Å². The van der Waals surface area contributed by atoms with Gasteiger partial charge in [0.1, 0.15) is 5.75 Å². The average molecular weight is 661 g/mol. The van der Waals surface area contributed by atoms with E-state index in [0.717, 1.165) is 39.3 Å². The quantitative estimate of drug-likeness (QED) is 0.229. The number of fused-ring (bicyclic) bond motifs is 1. The van der Waals surface area contributed by atoms with Gasteiger partial charge in [-0.2, -0.15) is 0 Å². The summed E-state index contributed by atoms with van der Waals surface area (Å²) in [5.41, 5.74) is 7.04. The number of anilines is 2. The molecule has 0 bridgehead atoms. The molecule has 0 unspecified atom stereocenters. The van der Waals surface area contributed by atoms with Gasteiger partial charge in [0.2, 0.25) is 0 Å². The Hall–Kier alpha value is -4.16. The summed E-state index contributed by atoms with van der Waals surface area (Å²) in [5, 5.41) is 17.3. The molecule has 0 spiro atoms. The Labute approximate surface area is 289 Å². The number of para-hydroxylation sites is 2. The molecule has 0 saturated heterocycles. The molecule has 2 aliphatic rings. The van der Waals surface area contributed by atoms with Crippen LogP contribution in [-0.4, -0.2) is 16.8 Å². The van der Waals surface area contributed by atoms with E-state index >= 15 is 0 Å². The Morgan fingerprint density at radius 1 is 0.792 bits per heavy atom. The lowest BCUT2D eigenvalue weighted by Gasteiger charge is -2.37. The number of phenols is 1. The predicted octanol–water partition coefficient (Wildman–Crippen LogP) is 10.6. The number of hydrogen-bond donors (Lipinski definition) is 2. The number of nitrogens with one attached hydrogen (secondary N) is 1. The van der Waals surface area contributed by atoms with Crippen molar-refractivity contribution in [1.29, 1.82) is 0 Å². The lowest BCUT2D eigenvalue weighted by molar-refractivity contribution is -0.116. The van der Waals surface area contributed by atoms with Crippen LogP contribution >= 0.6 is 11.3 Å². The number of allylic oxidation sites excluding steroid dienone is 1. The number of carbonyl (C=O) groups excluding carboxylic acids is 2. The van der Waals surface area contributed by atoms with Crippen molar-refractivity contribution in [3.63, 3.8) is 0 Å². The van der Waals surface area contributed by atoms with Crippen molar-refractivity contribution >= 4 is 34.4 Å². The molecule has 6 rings (SSSR count). The smallest absolute Gasteiger partial charge is 0.269 e. The summed E-state index contributed by atoms with van der Waals surface area (Å²) in [5.74, 6) is 0.136. The summed E-state index contributed by atoms with van der Waals surface area (Å²) < 4.78 is 0. The summed E-state index contributed by atoms with van der Waals surface area (Å²) in [6.07, 6.45) is 0.984. The van der Waals surface area contributed by atoms with E-state index in [0.29, 0.717) is 23.3 Å².